The Morgan fingerprint density at radius 1 is 0.895 bits per heavy atom. The second kappa shape index (κ2) is 5.68. The van der Waals surface area contributed by atoms with E-state index in [0.717, 1.165) is 20.6 Å². The van der Waals surface area contributed by atoms with Crippen LogP contribution in [0, 0.1) is 5.92 Å². The van der Waals surface area contributed by atoms with E-state index in [1.54, 1.807) is 0 Å². The summed E-state index contributed by atoms with van der Waals surface area (Å²) in [6.45, 7) is 0. The van der Waals surface area contributed by atoms with Gasteiger partial charge in [0, 0.05) is 8.95 Å². The Balaban J connectivity index is 1.90. The van der Waals surface area contributed by atoms with Crippen molar-refractivity contribution < 1.29 is 0 Å². The Hall–Kier alpha value is -0.800. The maximum absolute atomic E-state index is 3.70. The van der Waals surface area contributed by atoms with Gasteiger partial charge in [0.1, 0.15) is 0 Å². The minimum atomic E-state index is 0.399. The molecule has 0 amide bonds. The third kappa shape index (κ3) is 3.03. The summed E-state index contributed by atoms with van der Waals surface area (Å²) in [4.78, 5) is 0. The molecule has 1 atom stereocenters. The number of rotatable bonds is 4. The molecule has 3 heteroatoms. The van der Waals surface area contributed by atoms with Gasteiger partial charge in [-0.25, -0.2) is 0 Å². The zero-order chi connectivity index (χ0) is 13.2. The van der Waals surface area contributed by atoms with E-state index in [1.807, 2.05) is 6.07 Å². The maximum Gasteiger partial charge on any atom is 0.0633 e. The molecule has 1 saturated carbocycles. The van der Waals surface area contributed by atoms with Gasteiger partial charge in [-0.1, -0.05) is 36.4 Å². The summed E-state index contributed by atoms with van der Waals surface area (Å²) >= 11 is 7.25. The standard InChI is InChI=1S/C16H15Br2N/c17-13-7-4-8-14(18)16(13)19-15(12-9-10-12)11-5-2-1-3-6-11/h1-8,12,15,19H,9-10H2. The van der Waals surface area contributed by atoms with Crippen LogP contribution in [0.1, 0.15) is 24.4 Å². The van der Waals surface area contributed by atoms with E-state index in [4.69, 9.17) is 0 Å². The molecule has 98 valence electrons. The van der Waals surface area contributed by atoms with Gasteiger partial charge in [0.25, 0.3) is 0 Å². The molecule has 1 unspecified atom stereocenters. The van der Waals surface area contributed by atoms with Gasteiger partial charge in [-0.15, -0.1) is 0 Å². The Bertz CT molecular complexity index is 544. The fourth-order valence-corrected chi connectivity index (χ4v) is 3.58. The van der Waals surface area contributed by atoms with Crippen LogP contribution in [0.3, 0.4) is 0 Å². The number of halogens is 2. The molecule has 19 heavy (non-hydrogen) atoms. The van der Waals surface area contributed by atoms with Crippen molar-refractivity contribution in [2.75, 3.05) is 5.32 Å². The molecule has 0 aromatic heterocycles. The Kier molecular flexibility index (Phi) is 3.94. The van der Waals surface area contributed by atoms with Crippen molar-refractivity contribution in [2.45, 2.75) is 18.9 Å². The lowest BCUT2D eigenvalue weighted by atomic mass is 10.0. The van der Waals surface area contributed by atoms with Gasteiger partial charge in [-0.05, 0) is 68.3 Å². The summed E-state index contributed by atoms with van der Waals surface area (Å²) in [7, 11) is 0. The number of anilines is 1. The third-order valence-corrected chi connectivity index (χ3v) is 4.84. The highest BCUT2D eigenvalue weighted by Gasteiger charge is 2.32. The summed E-state index contributed by atoms with van der Waals surface area (Å²) in [5.41, 5.74) is 2.51. The van der Waals surface area contributed by atoms with Crippen molar-refractivity contribution in [3.8, 4) is 0 Å². The Labute approximate surface area is 130 Å². The lowest BCUT2D eigenvalue weighted by Crippen LogP contribution is -2.13. The first-order valence-corrected chi connectivity index (χ1v) is 8.10. The van der Waals surface area contributed by atoms with Crippen LogP contribution in [0.2, 0.25) is 0 Å². The monoisotopic (exact) mass is 379 g/mol. The number of para-hydroxylation sites is 1. The van der Waals surface area contributed by atoms with E-state index in [0.29, 0.717) is 6.04 Å². The zero-order valence-electron chi connectivity index (χ0n) is 10.4. The van der Waals surface area contributed by atoms with Crippen molar-refractivity contribution >= 4 is 37.5 Å². The smallest absolute Gasteiger partial charge is 0.0633 e. The van der Waals surface area contributed by atoms with Gasteiger partial charge < -0.3 is 5.32 Å². The van der Waals surface area contributed by atoms with Crippen molar-refractivity contribution in [1.82, 2.24) is 0 Å². The first kappa shape index (κ1) is 13.2. The summed E-state index contributed by atoms with van der Waals surface area (Å²) in [5, 5.41) is 3.70. The highest BCUT2D eigenvalue weighted by Crippen LogP contribution is 2.44. The fraction of sp³-hybridized carbons (Fsp3) is 0.250. The molecule has 3 rings (SSSR count). The molecule has 1 fully saturated rings. The first-order valence-electron chi connectivity index (χ1n) is 6.51. The number of nitrogens with one attached hydrogen (secondary N) is 1. The molecule has 0 radical (unpaired) electrons. The van der Waals surface area contributed by atoms with E-state index < -0.39 is 0 Å². The van der Waals surface area contributed by atoms with Crippen molar-refractivity contribution in [2.24, 2.45) is 5.92 Å². The summed E-state index contributed by atoms with van der Waals surface area (Å²) < 4.78 is 2.20. The SMILES string of the molecule is Brc1cccc(Br)c1NC(c1ccccc1)C1CC1. The van der Waals surface area contributed by atoms with E-state index in [-0.39, 0.29) is 0 Å². The average Bonchev–Trinajstić information content (AvgIpc) is 3.24. The largest absolute Gasteiger partial charge is 0.376 e. The molecule has 2 aromatic carbocycles. The zero-order valence-corrected chi connectivity index (χ0v) is 13.6. The van der Waals surface area contributed by atoms with Crippen molar-refractivity contribution in [1.29, 1.82) is 0 Å². The molecule has 0 spiro atoms. The van der Waals surface area contributed by atoms with Crippen LogP contribution in [-0.2, 0) is 0 Å². The van der Waals surface area contributed by atoms with Gasteiger partial charge in [-0.3, -0.25) is 0 Å². The Morgan fingerprint density at radius 2 is 1.53 bits per heavy atom. The lowest BCUT2D eigenvalue weighted by Gasteiger charge is -2.22. The maximum atomic E-state index is 3.70. The molecule has 0 bridgehead atoms. The second-order valence-electron chi connectivity index (χ2n) is 4.97. The summed E-state index contributed by atoms with van der Waals surface area (Å²) in [6, 6.07) is 17.3. The molecule has 0 aliphatic heterocycles. The highest BCUT2D eigenvalue weighted by atomic mass is 79.9. The second-order valence-corrected chi connectivity index (χ2v) is 6.68. The quantitative estimate of drug-likeness (QED) is 0.709. The van der Waals surface area contributed by atoms with Gasteiger partial charge in [0.05, 0.1) is 11.7 Å². The van der Waals surface area contributed by atoms with Crippen LogP contribution in [0.15, 0.2) is 57.5 Å². The molecular weight excluding hydrogens is 366 g/mol. The predicted octanol–water partition coefficient (Wildman–Crippen LogP) is 5.77. The summed E-state index contributed by atoms with van der Waals surface area (Å²) in [6.07, 6.45) is 2.63. The van der Waals surface area contributed by atoms with Crippen molar-refractivity contribution in [3.05, 3.63) is 63.0 Å². The third-order valence-electron chi connectivity index (χ3n) is 3.51. The molecule has 1 aliphatic carbocycles. The molecule has 1 aliphatic rings. The van der Waals surface area contributed by atoms with Gasteiger partial charge >= 0.3 is 0 Å². The first-order chi connectivity index (χ1) is 9.25. The van der Waals surface area contributed by atoms with Crippen LogP contribution in [0.5, 0.6) is 0 Å². The summed E-state index contributed by atoms with van der Waals surface area (Å²) in [5.74, 6) is 0.751. The van der Waals surface area contributed by atoms with Crippen molar-refractivity contribution in [3.63, 3.8) is 0 Å². The number of benzene rings is 2. The molecular formula is C16H15Br2N. The van der Waals surface area contributed by atoms with Crippen LogP contribution in [0.25, 0.3) is 0 Å². The van der Waals surface area contributed by atoms with Crippen LogP contribution >= 0.6 is 31.9 Å². The van der Waals surface area contributed by atoms with Crippen LogP contribution in [-0.4, -0.2) is 0 Å². The minimum Gasteiger partial charge on any atom is -0.376 e. The Morgan fingerprint density at radius 3 is 2.11 bits per heavy atom. The number of hydrogen-bond acceptors (Lipinski definition) is 1. The normalized spacial score (nSPS) is 16.1. The van der Waals surface area contributed by atoms with Gasteiger partial charge in [0.2, 0.25) is 0 Å². The van der Waals surface area contributed by atoms with Crippen LogP contribution in [0.4, 0.5) is 5.69 Å². The molecule has 1 N–H and O–H groups in total. The predicted molar refractivity (Wildman–Crippen MR) is 87.4 cm³/mol. The fourth-order valence-electron chi connectivity index (χ4n) is 2.35. The van der Waals surface area contributed by atoms with E-state index in [9.17, 15) is 0 Å². The molecule has 1 nitrogen and oxygen atoms in total. The molecule has 0 saturated heterocycles. The topological polar surface area (TPSA) is 12.0 Å². The molecule has 2 aromatic rings. The average molecular weight is 381 g/mol. The van der Waals surface area contributed by atoms with E-state index in [2.05, 4.69) is 79.6 Å². The van der Waals surface area contributed by atoms with Gasteiger partial charge in [0.15, 0.2) is 0 Å². The number of hydrogen-bond donors (Lipinski definition) is 1. The lowest BCUT2D eigenvalue weighted by molar-refractivity contribution is 0.678. The van der Waals surface area contributed by atoms with E-state index in [1.165, 1.54) is 18.4 Å². The van der Waals surface area contributed by atoms with Crippen LogP contribution < -0.4 is 5.32 Å². The van der Waals surface area contributed by atoms with E-state index >= 15 is 0 Å². The minimum absolute atomic E-state index is 0.399. The molecule has 0 heterocycles. The van der Waals surface area contributed by atoms with Gasteiger partial charge in [-0.2, -0.15) is 0 Å². The highest BCUT2D eigenvalue weighted by molar-refractivity contribution is 9.11.